The minimum Gasteiger partial charge on any atom is -0.378 e. The Morgan fingerprint density at radius 3 is 2.24 bits per heavy atom. The van der Waals surface area contributed by atoms with Gasteiger partial charge in [-0.15, -0.1) is 24.0 Å². The van der Waals surface area contributed by atoms with Gasteiger partial charge >= 0.3 is 0 Å². The molecule has 5 heteroatoms. The van der Waals surface area contributed by atoms with Crippen LogP contribution in [0.3, 0.4) is 0 Å². The average molecular weight is 451 g/mol. The molecule has 1 atom stereocenters. The van der Waals surface area contributed by atoms with Crippen molar-refractivity contribution in [3.05, 3.63) is 71.8 Å². The predicted molar refractivity (Wildman–Crippen MR) is 114 cm³/mol. The van der Waals surface area contributed by atoms with Crippen molar-refractivity contribution in [2.24, 2.45) is 10.7 Å². The Kier molecular flexibility index (Phi) is 8.21. The predicted octanol–water partition coefficient (Wildman–Crippen LogP) is 3.28. The van der Waals surface area contributed by atoms with Crippen molar-refractivity contribution in [3.8, 4) is 0 Å². The average Bonchev–Trinajstić information content (AvgIpc) is 2.67. The highest BCUT2D eigenvalue weighted by Crippen LogP contribution is 2.21. The summed E-state index contributed by atoms with van der Waals surface area (Å²) in [5.74, 6) is 0.959. The molecule has 0 spiro atoms. The topological polar surface area (TPSA) is 50.8 Å². The van der Waals surface area contributed by atoms with Gasteiger partial charge in [-0.3, -0.25) is 4.99 Å². The molecule has 0 amide bonds. The standard InChI is InChI=1S/C20H25N3O.HI/c21-20(23-11-13-24-14-12-23)22-16-19(18-9-5-2-6-10-18)15-17-7-3-1-4-8-17;/h1-10,19H,11-16H2,(H2,21,22);1H. The Morgan fingerprint density at radius 1 is 1.00 bits per heavy atom. The van der Waals surface area contributed by atoms with Crippen molar-refractivity contribution in [1.82, 2.24) is 4.90 Å². The third kappa shape index (κ3) is 6.01. The summed E-state index contributed by atoms with van der Waals surface area (Å²) in [6.07, 6.45) is 0.963. The minimum atomic E-state index is 0. The highest BCUT2D eigenvalue weighted by molar-refractivity contribution is 14.0. The van der Waals surface area contributed by atoms with Crippen molar-refractivity contribution in [1.29, 1.82) is 0 Å². The lowest BCUT2D eigenvalue weighted by atomic mass is 9.92. The van der Waals surface area contributed by atoms with E-state index in [1.54, 1.807) is 0 Å². The van der Waals surface area contributed by atoms with Gasteiger partial charge in [-0.2, -0.15) is 0 Å². The Bertz CT molecular complexity index is 643. The number of hydrogen-bond donors (Lipinski definition) is 1. The van der Waals surface area contributed by atoms with E-state index in [4.69, 9.17) is 10.5 Å². The number of morpholine rings is 1. The molecule has 1 aliphatic heterocycles. The van der Waals surface area contributed by atoms with E-state index in [-0.39, 0.29) is 24.0 Å². The molecule has 2 aromatic carbocycles. The lowest BCUT2D eigenvalue weighted by Gasteiger charge is -2.28. The molecule has 4 nitrogen and oxygen atoms in total. The number of guanidine groups is 1. The summed E-state index contributed by atoms with van der Waals surface area (Å²) >= 11 is 0. The van der Waals surface area contributed by atoms with Gasteiger partial charge in [0.1, 0.15) is 0 Å². The molecule has 2 aromatic rings. The SMILES string of the molecule is I.NC(=NCC(Cc1ccccc1)c1ccccc1)N1CCOCC1. The molecular formula is C20H26IN3O. The van der Waals surface area contributed by atoms with E-state index in [2.05, 4.69) is 70.6 Å². The summed E-state index contributed by atoms with van der Waals surface area (Å²) in [7, 11) is 0. The number of hydrogen-bond acceptors (Lipinski definition) is 2. The molecule has 0 aromatic heterocycles. The van der Waals surface area contributed by atoms with Crippen LogP contribution < -0.4 is 5.73 Å². The molecule has 0 bridgehead atoms. The first kappa shape index (κ1) is 19.7. The van der Waals surface area contributed by atoms with Crippen LogP contribution in [0.5, 0.6) is 0 Å². The second-order valence-corrected chi connectivity index (χ2v) is 6.10. The third-order valence-electron chi connectivity index (χ3n) is 4.40. The van der Waals surface area contributed by atoms with E-state index >= 15 is 0 Å². The number of halogens is 1. The third-order valence-corrected chi connectivity index (χ3v) is 4.40. The van der Waals surface area contributed by atoms with Crippen LogP contribution in [0.1, 0.15) is 17.0 Å². The number of nitrogens with zero attached hydrogens (tertiary/aromatic N) is 2. The molecule has 0 radical (unpaired) electrons. The zero-order chi connectivity index (χ0) is 16.6. The first-order valence-electron chi connectivity index (χ1n) is 8.54. The summed E-state index contributed by atoms with van der Waals surface area (Å²) in [4.78, 5) is 6.79. The molecule has 1 aliphatic rings. The maximum atomic E-state index is 6.19. The maximum absolute atomic E-state index is 6.19. The van der Waals surface area contributed by atoms with Crippen LogP contribution in [0.15, 0.2) is 65.7 Å². The van der Waals surface area contributed by atoms with Crippen molar-refractivity contribution in [2.45, 2.75) is 12.3 Å². The molecule has 1 unspecified atom stereocenters. The van der Waals surface area contributed by atoms with Crippen molar-refractivity contribution in [2.75, 3.05) is 32.8 Å². The second-order valence-electron chi connectivity index (χ2n) is 6.10. The second kappa shape index (κ2) is 10.4. The largest absolute Gasteiger partial charge is 0.378 e. The number of nitrogens with two attached hydrogens (primary N) is 1. The molecule has 2 N–H and O–H groups in total. The van der Waals surface area contributed by atoms with Crippen LogP contribution in [-0.4, -0.2) is 43.7 Å². The highest BCUT2D eigenvalue weighted by atomic mass is 127. The smallest absolute Gasteiger partial charge is 0.191 e. The van der Waals surface area contributed by atoms with Crippen LogP contribution in [0.4, 0.5) is 0 Å². The van der Waals surface area contributed by atoms with Crippen molar-refractivity contribution < 1.29 is 4.74 Å². The fourth-order valence-electron chi connectivity index (χ4n) is 3.01. The summed E-state index contributed by atoms with van der Waals surface area (Å²) < 4.78 is 5.37. The van der Waals surface area contributed by atoms with E-state index < -0.39 is 0 Å². The molecular weight excluding hydrogens is 425 g/mol. The minimum absolute atomic E-state index is 0. The lowest BCUT2D eigenvalue weighted by Crippen LogP contribution is -2.45. The van der Waals surface area contributed by atoms with Gasteiger partial charge in [0.05, 0.1) is 13.2 Å². The molecule has 134 valence electrons. The Balaban J connectivity index is 0.00000225. The zero-order valence-electron chi connectivity index (χ0n) is 14.4. The van der Waals surface area contributed by atoms with Crippen molar-refractivity contribution >= 4 is 29.9 Å². The molecule has 0 saturated carbocycles. The van der Waals surface area contributed by atoms with Crippen LogP contribution >= 0.6 is 24.0 Å². The zero-order valence-corrected chi connectivity index (χ0v) is 16.7. The van der Waals surface area contributed by atoms with E-state index in [0.29, 0.717) is 18.4 Å². The number of ether oxygens (including phenoxy) is 1. The van der Waals surface area contributed by atoms with E-state index in [1.165, 1.54) is 11.1 Å². The van der Waals surface area contributed by atoms with Crippen LogP contribution in [0.2, 0.25) is 0 Å². The van der Waals surface area contributed by atoms with Crippen LogP contribution in [0.25, 0.3) is 0 Å². The highest BCUT2D eigenvalue weighted by Gasteiger charge is 2.15. The number of aliphatic imine (C=N–C) groups is 1. The van der Waals surface area contributed by atoms with Crippen LogP contribution in [-0.2, 0) is 11.2 Å². The Hall–Kier alpha value is -1.60. The first-order chi connectivity index (χ1) is 11.8. The molecule has 3 rings (SSSR count). The molecule has 1 heterocycles. The van der Waals surface area contributed by atoms with Crippen LogP contribution in [0, 0.1) is 0 Å². The summed E-state index contributed by atoms with van der Waals surface area (Å²) in [5, 5.41) is 0. The van der Waals surface area contributed by atoms with E-state index in [1.807, 2.05) is 0 Å². The van der Waals surface area contributed by atoms with Gasteiger partial charge < -0.3 is 15.4 Å². The monoisotopic (exact) mass is 451 g/mol. The summed E-state index contributed by atoms with van der Waals surface area (Å²) in [5.41, 5.74) is 8.82. The van der Waals surface area contributed by atoms with Gasteiger partial charge in [0.2, 0.25) is 0 Å². The maximum Gasteiger partial charge on any atom is 0.191 e. The number of benzene rings is 2. The summed E-state index contributed by atoms with van der Waals surface area (Å²) in [6, 6.07) is 21.1. The van der Waals surface area contributed by atoms with Gasteiger partial charge in [0, 0.05) is 25.6 Å². The van der Waals surface area contributed by atoms with Gasteiger partial charge in [-0.05, 0) is 17.5 Å². The molecule has 1 saturated heterocycles. The summed E-state index contributed by atoms with van der Waals surface area (Å²) in [6.45, 7) is 3.79. The lowest BCUT2D eigenvalue weighted by molar-refractivity contribution is 0.0674. The Morgan fingerprint density at radius 2 is 1.60 bits per heavy atom. The fraction of sp³-hybridized carbons (Fsp3) is 0.350. The number of rotatable bonds is 5. The van der Waals surface area contributed by atoms with Crippen molar-refractivity contribution in [3.63, 3.8) is 0 Å². The Labute approximate surface area is 167 Å². The van der Waals surface area contributed by atoms with E-state index in [0.717, 1.165) is 32.7 Å². The van der Waals surface area contributed by atoms with Gasteiger partial charge in [0.15, 0.2) is 5.96 Å². The van der Waals surface area contributed by atoms with Gasteiger partial charge in [0.25, 0.3) is 0 Å². The fourth-order valence-corrected chi connectivity index (χ4v) is 3.01. The van der Waals surface area contributed by atoms with Gasteiger partial charge in [-0.25, -0.2) is 0 Å². The quantitative estimate of drug-likeness (QED) is 0.432. The van der Waals surface area contributed by atoms with E-state index in [9.17, 15) is 0 Å². The molecule has 1 fully saturated rings. The normalized spacial score (nSPS) is 16.2. The first-order valence-corrected chi connectivity index (χ1v) is 8.54. The molecule has 0 aliphatic carbocycles. The molecule has 25 heavy (non-hydrogen) atoms. The van der Waals surface area contributed by atoms with Gasteiger partial charge in [-0.1, -0.05) is 60.7 Å².